The average Bonchev–Trinajstić information content (AvgIpc) is 2.29. The Morgan fingerprint density at radius 1 is 1.12 bits per heavy atom. The normalized spacial score (nSPS) is 21.2. The second-order valence-corrected chi connectivity index (χ2v) is 6.37. The van der Waals surface area contributed by atoms with Gasteiger partial charge in [-0.3, -0.25) is 0 Å². The molecule has 94 valence electrons. The van der Waals surface area contributed by atoms with Crippen molar-refractivity contribution < 1.29 is 0 Å². The van der Waals surface area contributed by atoms with Gasteiger partial charge in [0.05, 0.1) is 5.38 Å². The molecule has 0 amide bonds. The van der Waals surface area contributed by atoms with Crippen LogP contribution in [0, 0.1) is 19.3 Å². The minimum Gasteiger partial charge on any atom is -0.117 e. The van der Waals surface area contributed by atoms with Gasteiger partial charge in [-0.2, -0.15) is 0 Å². The number of alkyl halides is 1. The third-order valence-electron chi connectivity index (χ3n) is 4.31. The van der Waals surface area contributed by atoms with E-state index in [9.17, 15) is 0 Å². The Bertz CT molecular complexity index is 389. The molecule has 1 aliphatic carbocycles. The predicted molar refractivity (Wildman–Crippen MR) is 75.7 cm³/mol. The Hall–Kier alpha value is -0.490. The number of rotatable bonds is 2. The van der Waals surface area contributed by atoms with Crippen LogP contribution in [0.5, 0.6) is 0 Å². The summed E-state index contributed by atoms with van der Waals surface area (Å²) in [6.07, 6.45) is 6.60. The third kappa shape index (κ3) is 2.68. The quantitative estimate of drug-likeness (QED) is 0.604. The summed E-state index contributed by atoms with van der Waals surface area (Å²) in [7, 11) is 0. The molecule has 0 N–H and O–H groups in total. The third-order valence-corrected chi connectivity index (χ3v) is 5.07. The summed E-state index contributed by atoms with van der Waals surface area (Å²) in [4.78, 5) is 0. The van der Waals surface area contributed by atoms with Gasteiger partial charge in [-0.05, 0) is 43.2 Å². The first-order valence-electron chi connectivity index (χ1n) is 6.74. The van der Waals surface area contributed by atoms with Gasteiger partial charge < -0.3 is 0 Å². The molecule has 0 aliphatic heterocycles. The van der Waals surface area contributed by atoms with Crippen LogP contribution in [-0.2, 0) is 0 Å². The standard InChI is InChI=1S/C16H23Cl/c1-12-7-8-14(13(2)11-12)15(17)16(3)9-5-4-6-10-16/h7-8,11,15H,4-6,9-10H2,1-3H3. The molecule has 1 unspecified atom stereocenters. The Morgan fingerprint density at radius 3 is 2.35 bits per heavy atom. The number of hydrogen-bond acceptors (Lipinski definition) is 0. The van der Waals surface area contributed by atoms with Crippen molar-refractivity contribution in [3.8, 4) is 0 Å². The van der Waals surface area contributed by atoms with Gasteiger partial charge >= 0.3 is 0 Å². The number of benzene rings is 1. The van der Waals surface area contributed by atoms with Gasteiger partial charge in [0, 0.05) is 0 Å². The van der Waals surface area contributed by atoms with Crippen molar-refractivity contribution in [3.63, 3.8) is 0 Å². The lowest BCUT2D eigenvalue weighted by atomic mass is 9.71. The molecule has 1 aromatic rings. The molecule has 0 aromatic heterocycles. The van der Waals surface area contributed by atoms with Crippen molar-refractivity contribution in [1.29, 1.82) is 0 Å². The summed E-state index contributed by atoms with van der Waals surface area (Å²) in [5, 5.41) is 0.170. The first kappa shape index (κ1) is 13.0. The zero-order valence-electron chi connectivity index (χ0n) is 11.2. The van der Waals surface area contributed by atoms with Gasteiger partial charge in [-0.25, -0.2) is 0 Å². The maximum Gasteiger partial charge on any atom is 0.0641 e. The van der Waals surface area contributed by atoms with Gasteiger partial charge in [-0.1, -0.05) is 49.9 Å². The van der Waals surface area contributed by atoms with Crippen molar-refractivity contribution >= 4 is 11.6 Å². The van der Waals surface area contributed by atoms with Crippen LogP contribution in [0.25, 0.3) is 0 Å². The molecule has 1 atom stereocenters. The highest BCUT2D eigenvalue weighted by Crippen LogP contribution is 2.49. The minimum atomic E-state index is 0.170. The molecule has 0 radical (unpaired) electrons. The van der Waals surface area contributed by atoms with Crippen LogP contribution in [0.2, 0.25) is 0 Å². The molecule has 0 nitrogen and oxygen atoms in total. The molecule has 2 rings (SSSR count). The molecule has 1 heteroatoms. The molecule has 0 spiro atoms. The Kier molecular flexibility index (Phi) is 3.82. The first-order chi connectivity index (χ1) is 8.03. The second kappa shape index (κ2) is 5.02. The highest BCUT2D eigenvalue weighted by molar-refractivity contribution is 6.21. The molecular weight excluding hydrogens is 228 g/mol. The molecule has 1 aliphatic rings. The van der Waals surface area contributed by atoms with Gasteiger partial charge in [0.25, 0.3) is 0 Å². The number of hydrogen-bond donors (Lipinski definition) is 0. The average molecular weight is 251 g/mol. The van der Waals surface area contributed by atoms with E-state index in [2.05, 4.69) is 39.0 Å². The zero-order valence-corrected chi connectivity index (χ0v) is 12.0. The fraction of sp³-hybridized carbons (Fsp3) is 0.625. The zero-order chi connectivity index (χ0) is 12.5. The van der Waals surface area contributed by atoms with Gasteiger partial charge in [0.1, 0.15) is 0 Å². The summed E-state index contributed by atoms with van der Waals surface area (Å²) in [6.45, 7) is 6.69. The van der Waals surface area contributed by atoms with Crippen LogP contribution in [0.4, 0.5) is 0 Å². The molecule has 0 saturated heterocycles. The minimum absolute atomic E-state index is 0.170. The summed E-state index contributed by atoms with van der Waals surface area (Å²) < 4.78 is 0. The monoisotopic (exact) mass is 250 g/mol. The number of halogens is 1. The lowest BCUT2D eigenvalue weighted by Crippen LogP contribution is -2.25. The maximum atomic E-state index is 6.78. The van der Waals surface area contributed by atoms with Gasteiger partial charge in [0.15, 0.2) is 0 Å². The summed E-state index contributed by atoms with van der Waals surface area (Å²) in [6, 6.07) is 6.66. The number of aryl methyl sites for hydroxylation is 2. The Morgan fingerprint density at radius 2 is 1.76 bits per heavy atom. The molecule has 17 heavy (non-hydrogen) atoms. The highest BCUT2D eigenvalue weighted by atomic mass is 35.5. The fourth-order valence-electron chi connectivity index (χ4n) is 3.10. The molecule has 0 heterocycles. The molecule has 1 aromatic carbocycles. The van der Waals surface area contributed by atoms with Crippen molar-refractivity contribution in [3.05, 3.63) is 34.9 Å². The van der Waals surface area contributed by atoms with E-state index < -0.39 is 0 Å². The van der Waals surface area contributed by atoms with E-state index in [1.807, 2.05) is 0 Å². The van der Waals surface area contributed by atoms with Crippen molar-refractivity contribution in [2.75, 3.05) is 0 Å². The van der Waals surface area contributed by atoms with E-state index in [1.165, 1.54) is 48.8 Å². The lowest BCUT2D eigenvalue weighted by molar-refractivity contribution is 0.206. The van der Waals surface area contributed by atoms with Crippen LogP contribution in [0.15, 0.2) is 18.2 Å². The molecular formula is C16H23Cl. The van der Waals surface area contributed by atoms with E-state index in [1.54, 1.807) is 0 Å². The topological polar surface area (TPSA) is 0 Å². The van der Waals surface area contributed by atoms with Crippen LogP contribution in [0.3, 0.4) is 0 Å². The van der Waals surface area contributed by atoms with E-state index in [0.29, 0.717) is 5.41 Å². The van der Waals surface area contributed by atoms with Crippen LogP contribution >= 0.6 is 11.6 Å². The van der Waals surface area contributed by atoms with Crippen molar-refractivity contribution in [1.82, 2.24) is 0 Å². The van der Waals surface area contributed by atoms with Crippen LogP contribution in [0.1, 0.15) is 61.1 Å². The molecule has 0 bridgehead atoms. The second-order valence-electron chi connectivity index (χ2n) is 5.94. The largest absolute Gasteiger partial charge is 0.117 e. The van der Waals surface area contributed by atoms with E-state index in [-0.39, 0.29) is 5.38 Å². The summed E-state index contributed by atoms with van der Waals surface area (Å²) in [5.41, 5.74) is 4.29. The Labute approximate surface area is 110 Å². The predicted octanol–water partition coefficient (Wildman–Crippen LogP) is 5.55. The first-order valence-corrected chi connectivity index (χ1v) is 7.18. The molecule has 1 saturated carbocycles. The van der Waals surface area contributed by atoms with Crippen molar-refractivity contribution in [2.24, 2.45) is 5.41 Å². The van der Waals surface area contributed by atoms with Gasteiger partial charge in [-0.15, -0.1) is 11.6 Å². The van der Waals surface area contributed by atoms with E-state index >= 15 is 0 Å². The smallest absolute Gasteiger partial charge is 0.0641 e. The SMILES string of the molecule is Cc1ccc(C(Cl)C2(C)CCCCC2)c(C)c1. The highest BCUT2D eigenvalue weighted by Gasteiger charge is 2.35. The maximum absolute atomic E-state index is 6.78. The lowest BCUT2D eigenvalue weighted by Gasteiger charge is -2.38. The summed E-state index contributed by atoms with van der Waals surface area (Å²) >= 11 is 6.78. The fourth-order valence-corrected chi connectivity index (χ4v) is 3.56. The molecule has 1 fully saturated rings. The van der Waals surface area contributed by atoms with Crippen LogP contribution < -0.4 is 0 Å². The summed E-state index contributed by atoms with van der Waals surface area (Å²) in [5.74, 6) is 0. The van der Waals surface area contributed by atoms with Crippen molar-refractivity contribution in [2.45, 2.75) is 58.3 Å². The van der Waals surface area contributed by atoms with Crippen LogP contribution in [-0.4, -0.2) is 0 Å². The van der Waals surface area contributed by atoms with Gasteiger partial charge in [0.2, 0.25) is 0 Å². The van der Waals surface area contributed by atoms with E-state index in [0.717, 1.165) is 0 Å². The van der Waals surface area contributed by atoms with E-state index in [4.69, 9.17) is 11.6 Å². The Balaban J connectivity index is 2.26.